The topological polar surface area (TPSA) is 84.3 Å². The molecule has 0 unspecified atom stereocenters. The summed E-state index contributed by atoms with van der Waals surface area (Å²) in [5.41, 5.74) is -0.900. The van der Waals surface area contributed by atoms with Crippen LogP contribution < -0.4 is 10.9 Å². The SMILES string of the molecule is CCCN(CC(=O)Nc1ccc(F)c(F)c1F)C(=O)c1ccc(=O)n(CCC)n1. The number of nitrogens with one attached hydrogen (secondary N) is 1. The van der Waals surface area contributed by atoms with Gasteiger partial charge in [-0.1, -0.05) is 13.8 Å². The van der Waals surface area contributed by atoms with Crippen LogP contribution >= 0.6 is 0 Å². The van der Waals surface area contributed by atoms with Gasteiger partial charge in [-0.15, -0.1) is 0 Å². The number of anilines is 1. The Morgan fingerprint density at radius 2 is 1.79 bits per heavy atom. The number of hydrogen-bond donors (Lipinski definition) is 1. The van der Waals surface area contributed by atoms with E-state index >= 15 is 0 Å². The minimum absolute atomic E-state index is 0.0155. The second kappa shape index (κ2) is 9.85. The van der Waals surface area contributed by atoms with Crippen molar-refractivity contribution < 1.29 is 22.8 Å². The molecule has 0 spiro atoms. The van der Waals surface area contributed by atoms with Crippen molar-refractivity contribution in [3.05, 3.63) is 57.8 Å². The lowest BCUT2D eigenvalue weighted by Crippen LogP contribution is -2.40. The number of carbonyl (C=O) groups is 2. The third-order valence-corrected chi connectivity index (χ3v) is 3.95. The van der Waals surface area contributed by atoms with Crippen LogP contribution in [0.4, 0.5) is 18.9 Å². The van der Waals surface area contributed by atoms with Crippen molar-refractivity contribution in [3.63, 3.8) is 0 Å². The lowest BCUT2D eigenvalue weighted by atomic mass is 10.2. The molecule has 0 fully saturated rings. The molecule has 0 bridgehead atoms. The summed E-state index contributed by atoms with van der Waals surface area (Å²) in [6.45, 7) is 3.72. The molecule has 1 aromatic carbocycles. The summed E-state index contributed by atoms with van der Waals surface area (Å²) >= 11 is 0. The van der Waals surface area contributed by atoms with Gasteiger partial charge < -0.3 is 10.2 Å². The van der Waals surface area contributed by atoms with Gasteiger partial charge >= 0.3 is 0 Å². The number of amides is 2. The van der Waals surface area contributed by atoms with Crippen LogP contribution in [0.5, 0.6) is 0 Å². The molecule has 0 aliphatic heterocycles. The molecule has 0 aliphatic carbocycles. The zero-order valence-corrected chi connectivity index (χ0v) is 16.0. The van der Waals surface area contributed by atoms with Crippen LogP contribution in [0.1, 0.15) is 37.2 Å². The Labute approximate surface area is 165 Å². The first-order chi connectivity index (χ1) is 13.8. The molecule has 10 heteroatoms. The smallest absolute Gasteiger partial charge is 0.274 e. The second-order valence-corrected chi connectivity index (χ2v) is 6.28. The quantitative estimate of drug-likeness (QED) is 0.678. The Balaban J connectivity index is 2.18. The molecule has 1 N–H and O–H groups in total. The zero-order valence-electron chi connectivity index (χ0n) is 16.0. The van der Waals surface area contributed by atoms with Crippen molar-refractivity contribution in [2.75, 3.05) is 18.4 Å². The minimum Gasteiger partial charge on any atom is -0.328 e. The average Bonchev–Trinajstić information content (AvgIpc) is 2.69. The standard InChI is InChI=1S/C19H21F3N4O3/c1-3-9-25(19(29)14-7-8-16(28)26(24-14)10-4-2)11-15(27)23-13-6-5-12(20)17(21)18(13)22/h5-8H,3-4,9-11H2,1-2H3,(H,23,27). The van der Waals surface area contributed by atoms with E-state index in [9.17, 15) is 27.6 Å². The van der Waals surface area contributed by atoms with E-state index in [1.165, 1.54) is 17.0 Å². The van der Waals surface area contributed by atoms with E-state index in [0.29, 0.717) is 25.5 Å². The number of carbonyl (C=O) groups excluding carboxylic acids is 2. The van der Waals surface area contributed by atoms with Crippen molar-refractivity contribution in [3.8, 4) is 0 Å². The normalized spacial score (nSPS) is 10.7. The van der Waals surface area contributed by atoms with Crippen molar-refractivity contribution in [2.45, 2.75) is 33.2 Å². The van der Waals surface area contributed by atoms with Gasteiger partial charge in [0.1, 0.15) is 12.2 Å². The molecule has 0 saturated heterocycles. The summed E-state index contributed by atoms with van der Waals surface area (Å²) < 4.78 is 41.2. The molecule has 29 heavy (non-hydrogen) atoms. The maximum atomic E-state index is 13.7. The predicted molar refractivity (Wildman–Crippen MR) is 99.9 cm³/mol. The van der Waals surface area contributed by atoms with Crippen LogP contribution in [0.3, 0.4) is 0 Å². The molecule has 2 rings (SSSR count). The lowest BCUT2D eigenvalue weighted by molar-refractivity contribution is -0.116. The van der Waals surface area contributed by atoms with Crippen molar-refractivity contribution in [1.29, 1.82) is 0 Å². The summed E-state index contributed by atoms with van der Waals surface area (Å²) in [6.07, 6.45) is 1.17. The van der Waals surface area contributed by atoms with Crippen LogP contribution in [0, 0.1) is 17.5 Å². The number of aromatic nitrogens is 2. The van der Waals surface area contributed by atoms with Crippen LogP contribution in [0.15, 0.2) is 29.1 Å². The summed E-state index contributed by atoms with van der Waals surface area (Å²) in [6, 6.07) is 4.06. The van der Waals surface area contributed by atoms with Crippen LogP contribution in [-0.4, -0.2) is 39.6 Å². The molecule has 2 aromatic rings. The van der Waals surface area contributed by atoms with Gasteiger partial charge in [-0.25, -0.2) is 17.9 Å². The summed E-state index contributed by atoms with van der Waals surface area (Å²) in [7, 11) is 0. The molecule has 0 radical (unpaired) electrons. The number of rotatable bonds is 8. The Morgan fingerprint density at radius 3 is 2.45 bits per heavy atom. The first-order valence-electron chi connectivity index (χ1n) is 9.09. The van der Waals surface area contributed by atoms with Crippen LogP contribution in [0.2, 0.25) is 0 Å². The fraction of sp³-hybridized carbons (Fsp3) is 0.368. The molecule has 7 nitrogen and oxygen atoms in total. The molecule has 0 aliphatic rings. The first-order valence-corrected chi connectivity index (χ1v) is 9.09. The number of nitrogens with zero attached hydrogens (tertiary/aromatic N) is 3. The third-order valence-electron chi connectivity index (χ3n) is 3.95. The van der Waals surface area contributed by atoms with Crippen LogP contribution in [0.25, 0.3) is 0 Å². The number of hydrogen-bond acceptors (Lipinski definition) is 4. The molecule has 0 atom stereocenters. The Kier molecular flexibility index (Phi) is 7.52. The predicted octanol–water partition coefficient (Wildman–Crippen LogP) is 2.56. The van der Waals surface area contributed by atoms with E-state index in [1.54, 1.807) is 6.92 Å². The molecule has 1 aromatic heterocycles. The largest absolute Gasteiger partial charge is 0.328 e. The van der Waals surface area contributed by atoms with Gasteiger partial charge in [-0.3, -0.25) is 14.4 Å². The molecule has 2 amide bonds. The van der Waals surface area contributed by atoms with E-state index < -0.39 is 41.5 Å². The summed E-state index contributed by atoms with van der Waals surface area (Å²) in [5.74, 6) is -5.99. The van der Waals surface area contributed by atoms with E-state index in [1.807, 2.05) is 6.92 Å². The molecule has 0 saturated carbocycles. The van der Waals surface area contributed by atoms with Gasteiger partial charge in [0.2, 0.25) is 5.91 Å². The monoisotopic (exact) mass is 410 g/mol. The van der Waals surface area contributed by atoms with E-state index in [0.717, 1.165) is 10.7 Å². The Hall–Kier alpha value is -3.17. The van der Waals surface area contributed by atoms with E-state index in [-0.39, 0.29) is 17.8 Å². The maximum Gasteiger partial charge on any atom is 0.274 e. The van der Waals surface area contributed by atoms with E-state index in [4.69, 9.17) is 0 Å². The number of halogens is 3. The molecule has 156 valence electrons. The highest BCUT2D eigenvalue weighted by Gasteiger charge is 2.22. The summed E-state index contributed by atoms with van der Waals surface area (Å²) in [4.78, 5) is 37.9. The highest BCUT2D eigenvalue weighted by atomic mass is 19.2. The van der Waals surface area contributed by atoms with Crippen molar-refractivity contribution in [1.82, 2.24) is 14.7 Å². The van der Waals surface area contributed by atoms with Crippen molar-refractivity contribution >= 4 is 17.5 Å². The lowest BCUT2D eigenvalue weighted by Gasteiger charge is -2.21. The zero-order chi connectivity index (χ0) is 21.6. The maximum absolute atomic E-state index is 13.7. The van der Waals surface area contributed by atoms with Crippen LogP contribution in [-0.2, 0) is 11.3 Å². The van der Waals surface area contributed by atoms with Gasteiger partial charge in [-0.05, 0) is 31.0 Å². The van der Waals surface area contributed by atoms with Gasteiger partial charge in [0.25, 0.3) is 11.5 Å². The fourth-order valence-corrected chi connectivity index (χ4v) is 2.60. The van der Waals surface area contributed by atoms with Gasteiger partial charge in [0.05, 0.1) is 5.69 Å². The second-order valence-electron chi connectivity index (χ2n) is 6.28. The Morgan fingerprint density at radius 1 is 1.07 bits per heavy atom. The fourth-order valence-electron chi connectivity index (χ4n) is 2.60. The minimum atomic E-state index is -1.70. The van der Waals surface area contributed by atoms with Gasteiger partial charge in [0, 0.05) is 19.2 Å². The molecule has 1 heterocycles. The average molecular weight is 410 g/mol. The molecular formula is C19H21F3N4O3. The van der Waals surface area contributed by atoms with Crippen molar-refractivity contribution in [2.24, 2.45) is 0 Å². The highest BCUT2D eigenvalue weighted by molar-refractivity contribution is 5.98. The third kappa shape index (κ3) is 5.43. The number of benzene rings is 1. The number of aryl methyl sites for hydroxylation is 1. The summed E-state index contributed by atoms with van der Waals surface area (Å²) in [5, 5.41) is 6.15. The van der Waals surface area contributed by atoms with Gasteiger partial charge in [-0.2, -0.15) is 5.10 Å². The highest BCUT2D eigenvalue weighted by Crippen LogP contribution is 2.19. The van der Waals surface area contributed by atoms with E-state index in [2.05, 4.69) is 10.4 Å². The molecular weight excluding hydrogens is 389 g/mol. The first kappa shape index (κ1) is 22.1. The van der Waals surface area contributed by atoms with Gasteiger partial charge in [0.15, 0.2) is 17.5 Å². The Bertz CT molecular complexity index is 962.